The molecule has 3 aromatic carbocycles. The van der Waals surface area contributed by atoms with Gasteiger partial charge in [-0.05, 0) is 48.6 Å². The number of aromatic nitrogens is 2. The van der Waals surface area contributed by atoms with Gasteiger partial charge in [-0.3, -0.25) is 14.7 Å². The number of benzene rings is 3. The van der Waals surface area contributed by atoms with Gasteiger partial charge in [0.2, 0.25) is 0 Å². The van der Waals surface area contributed by atoms with E-state index in [1.165, 1.54) is 5.56 Å². The fraction of sp³-hybridized carbons (Fsp3) is 0.300. The van der Waals surface area contributed by atoms with Gasteiger partial charge in [-0.15, -0.1) is 0 Å². The van der Waals surface area contributed by atoms with Crippen molar-refractivity contribution in [1.82, 2.24) is 19.8 Å². The SMILES string of the molecule is O=C(c1cnc2ccccc2n1)N1Cc2ccccc2NCC[C@@H]2CC[C@H](C1)N2Cc1ccccc1. The van der Waals surface area contributed by atoms with Crippen LogP contribution in [0.4, 0.5) is 5.69 Å². The lowest BCUT2D eigenvalue weighted by Crippen LogP contribution is -2.45. The van der Waals surface area contributed by atoms with E-state index < -0.39 is 0 Å². The summed E-state index contributed by atoms with van der Waals surface area (Å²) in [7, 11) is 0. The molecule has 4 aromatic rings. The molecule has 36 heavy (non-hydrogen) atoms. The molecule has 1 saturated heterocycles. The van der Waals surface area contributed by atoms with Crippen LogP contribution in [0.25, 0.3) is 11.0 Å². The Bertz CT molecular complexity index is 1360. The van der Waals surface area contributed by atoms with Crippen LogP contribution >= 0.6 is 0 Å². The molecule has 0 saturated carbocycles. The maximum absolute atomic E-state index is 13.9. The van der Waals surface area contributed by atoms with E-state index in [1.54, 1.807) is 6.20 Å². The Morgan fingerprint density at radius 1 is 0.861 bits per heavy atom. The van der Waals surface area contributed by atoms with Crippen LogP contribution in [-0.4, -0.2) is 50.8 Å². The Balaban J connectivity index is 1.35. The zero-order chi connectivity index (χ0) is 24.3. The minimum atomic E-state index is -0.0644. The Kier molecular flexibility index (Phi) is 6.35. The maximum Gasteiger partial charge on any atom is 0.274 e. The summed E-state index contributed by atoms with van der Waals surface area (Å²) >= 11 is 0. The van der Waals surface area contributed by atoms with Gasteiger partial charge in [0.05, 0.1) is 17.2 Å². The summed E-state index contributed by atoms with van der Waals surface area (Å²) in [5.74, 6) is -0.0644. The van der Waals surface area contributed by atoms with Crippen molar-refractivity contribution in [2.45, 2.75) is 44.4 Å². The number of hydrogen-bond donors (Lipinski definition) is 1. The highest BCUT2D eigenvalue weighted by atomic mass is 16.2. The van der Waals surface area contributed by atoms with Crippen LogP contribution in [0.5, 0.6) is 0 Å². The van der Waals surface area contributed by atoms with Gasteiger partial charge in [0.1, 0.15) is 5.69 Å². The summed E-state index contributed by atoms with van der Waals surface area (Å²) in [5.41, 5.74) is 5.50. The quantitative estimate of drug-likeness (QED) is 0.444. The molecule has 2 bridgehead atoms. The molecule has 1 N–H and O–H groups in total. The standard InChI is InChI=1S/C30H31N5O/c36-30(29-18-32-27-12-6-7-13-28(27)33-29)34-20-23-10-4-5-11-26(23)31-17-16-24-14-15-25(21-34)35(24)19-22-8-2-1-3-9-22/h1-13,18,24-25,31H,14-17,19-21H2/t24-,25+/m0/s1. The first-order valence-corrected chi connectivity index (χ1v) is 12.9. The molecule has 3 heterocycles. The van der Waals surface area contributed by atoms with Crippen molar-refractivity contribution in [3.63, 3.8) is 0 Å². The Labute approximate surface area is 212 Å². The Hall–Kier alpha value is -3.77. The predicted octanol–water partition coefficient (Wildman–Crippen LogP) is 5.12. The molecule has 6 nitrogen and oxygen atoms in total. The fourth-order valence-corrected chi connectivity index (χ4v) is 5.68. The van der Waals surface area contributed by atoms with Crippen LogP contribution < -0.4 is 5.32 Å². The minimum absolute atomic E-state index is 0.0644. The van der Waals surface area contributed by atoms with E-state index in [0.717, 1.165) is 54.6 Å². The smallest absolute Gasteiger partial charge is 0.274 e. The summed E-state index contributed by atoms with van der Waals surface area (Å²) in [4.78, 5) is 27.7. The maximum atomic E-state index is 13.9. The highest BCUT2D eigenvalue weighted by Crippen LogP contribution is 2.31. The Morgan fingerprint density at radius 3 is 2.50 bits per heavy atom. The fourth-order valence-electron chi connectivity index (χ4n) is 5.68. The third-order valence-corrected chi connectivity index (χ3v) is 7.54. The van der Waals surface area contributed by atoms with Crippen molar-refractivity contribution in [2.75, 3.05) is 18.4 Å². The molecule has 1 fully saturated rings. The van der Waals surface area contributed by atoms with Crippen molar-refractivity contribution in [1.29, 1.82) is 0 Å². The average Bonchev–Trinajstić information content (AvgIpc) is 3.28. The van der Waals surface area contributed by atoms with Gasteiger partial charge in [0.15, 0.2) is 0 Å². The molecule has 2 atom stereocenters. The molecule has 2 aliphatic rings. The first-order valence-electron chi connectivity index (χ1n) is 12.9. The molecule has 1 amide bonds. The van der Waals surface area contributed by atoms with Gasteiger partial charge >= 0.3 is 0 Å². The lowest BCUT2D eigenvalue weighted by Gasteiger charge is -2.33. The highest BCUT2D eigenvalue weighted by Gasteiger charge is 2.36. The molecular weight excluding hydrogens is 446 g/mol. The van der Waals surface area contributed by atoms with E-state index in [4.69, 9.17) is 0 Å². The summed E-state index contributed by atoms with van der Waals surface area (Å²) < 4.78 is 0. The van der Waals surface area contributed by atoms with Crippen LogP contribution in [-0.2, 0) is 13.1 Å². The van der Waals surface area contributed by atoms with Crippen molar-refractivity contribution < 1.29 is 4.79 Å². The second kappa shape index (κ2) is 10.1. The van der Waals surface area contributed by atoms with Crippen LogP contribution in [0.1, 0.15) is 40.9 Å². The molecule has 0 unspecified atom stereocenters. The van der Waals surface area contributed by atoms with Gasteiger partial charge in [-0.2, -0.15) is 0 Å². The lowest BCUT2D eigenvalue weighted by molar-refractivity contribution is 0.0657. The number of amides is 1. The summed E-state index contributed by atoms with van der Waals surface area (Å²) in [5, 5.41) is 3.66. The highest BCUT2D eigenvalue weighted by molar-refractivity contribution is 5.94. The second-order valence-corrected chi connectivity index (χ2v) is 9.85. The normalized spacial score (nSPS) is 20.4. The first-order chi connectivity index (χ1) is 17.7. The van der Waals surface area contributed by atoms with E-state index in [1.807, 2.05) is 35.2 Å². The number of carbonyl (C=O) groups excluding carboxylic acids is 1. The summed E-state index contributed by atoms with van der Waals surface area (Å²) in [6.07, 6.45) is 4.95. The predicted molar refractivity (Wildman–Crippen MR) is 143 cm³/mol. The molecule has 182 valence electrons. The van der Waals surface area contributed by atoms with Crippen LogP contribution in [0.3, 0.4) is 0 Å². The van der Waals surface area contributed by atoms with Gasteiger partial charge in [-0.25, -0.2) is 4.98 Å². The van der Waals surface area contributed by atoms with Crippen LogP contribution in [0.15, 0.2) is 85.1 Å². The third-order valence-electron chi connectivity index (χ3n) is 7.54. The van der Waals surface area contributed by atoms with Crippen molar-refractivity contribution in [3.8, 4) is 0 Å². The zero-order valence-electron chi connectivity index (χ0n) is 20.4. The van der Waals surface area contributed by atoms with Crippen LogP contribution in [0, 0.1) is 0 Å². The second-order valence-electron chi connectivity index (χ2n) is 9.85. The van der Waals surface area contributed by atoms with Gasteiger partial charge in [0, 0.05) is 44.0 Å². The summed E-state index contributed by atoms with van der Waals surface area (Å²) in [6, 6.07) is 27.5. The van der Waals surface area contributed by atoms with Crippen molar-refractivity contribution in [2.24, 2.45) is 0 Å². The van der Waals surface area contributed by atoms with E-state index in [0.29, 0.717) is 30.9 Å². The number of nitrogens with zero attached hydrogens (tertiary/aromatic N) is 4. The van der Waals surface area contributed by atoms with Gasteiger partial charge in [-0.1, -0.05) is 60.7 Å². The van der Waals surface area contributed by atoms with Gasteiger partial charge in [0.25, 0.3) is 5.91 Å². The average molecular weight is 478 g/mol. The molecule has 6 heteroatoms. The molecule has 6 rings (SSSR count). The zero-order valence-corrected chi connectivity index (χ0v) is 20.4. The van der Waals surface area contributed by atoms with E-state index in [9.17, 15) is 4.79 Å². The number of carbonyl (C=O) groups is 1. The number of hydrogen-bond acceptors (Lipinski definition) is 5. The molecule has 0 radical (unpaired) electrons. The van der Waals surface area contributed by atoms with Crippen LogP contribution in [0.2, 0.25) is 0 Å². The Morgan fingerprint density at radius 2 is 1.61 bits per heavy atom. The molecule has 2 aliphatic heterocycles. The van der Waals surface area contributed by atoms with Gasteiger partial charge < -0.3 is 10.2 Å². The topological polar surface area (TPSA) is 61.4 Å². The molecule has 0 spiro atoms. The first kappa shape index (κ1) is 22.7. The molecular formula is C30H31N5O. The van der Waals surface area contributed by atoms with E-state index >= 15 is 0 Å². The van der Waals surface area contributed by atoms with Crippen molar-refractivity contribution >= 4 is 22.6 Å². The number of nitrogens with one attached hydrogen (secondary N) is 1. The molecule has 0 aliphatic carbocycles. The van der Waals surface area contributed by atoms with E-state index in [-0.39, 0.29) is 5.91 Å². The molecule has 1 aromatic heterocycles. The third kappa shape index (κ3) is 4.69. The lowest BCUT2D eigenvalue weighted by atomic mass is 10.1. The van der Waals surface area contributed by atoms with E-state index in [2.05, 4.69) is 68.7 Å². The monoisotopic (exact) mass is 477 g/mol. The number of fused-ring (bicyclic) bond motifs is 4. The summed E-state index contributed by atoms with van der Waals surface area (Å²) in [6.45, 7) is 3.03. The number of anilines is 1. The largest absolute Gasteiger partial charge is 0.385 e. The number of para-hydroxylation sites is 3. The van der Waals surface area contributed by atoms with Crippen molar-refractivity contribution in [3.05, 3.63) is 102 Å². The minimum Gasteiger partial charge on any atom is -0.385 e. The number of rotatable bonds is 3.